The fraction of sp³-hybridized carbons (Fsp3) is 0.405. The number of aryl methyl sites for hydroxylation is 1. The van der Waals surface area contributed by atoms with Crippen LogP contribution in [0.5, 0.6) is 0 Å². The van der Waals surface area contributed by atoms with Crippen molar-refractivity contribution in [2.75, 3.05) is 105 Å². The molecule has 6 aliphatic rings. The number of ketones is 2. The first-order valence-corrected chi connectivity index (χ1v) is 35.8. The van der Waals surface area contributed by atoms with E-state index in [-0.39, 0.29) is 84.1 Å². The fourth-order valence-corrected chi connectivity index (χ4v) is 15.0. The van der Waals surface area contributed by atoms with E-state index in [4.69, 9.17) is 4.74 Å². The first kappa shape index (κ1) is 70.5. The van der Waals surface area contributed by atoms with Gasteiger partial charge in [-0.15, -0.1) is 0 Å². The number of nitrogens with one attached hydrogen (secondary N) is 2. The molecule has 6 amide bonds. The minimum Gasteiger partial charge on any atom is -0.370 e. The molecule has 1 aliphatic carbocycles. The zero-order valence-corrected chi connectivity index (χ0v) is 59.7. The molecule has 0 bridgehead atoms. The van der Waals surface area contributed by atoms with Gasteiger partial charge in [0.15, 0.2) is 11.6 Å². The third-order valence-electron chi connectivity index (χ3n) is 19.2. The normalized spacial score (nSPS) is 17.7. The number of fused-ring (bicyclic) bond motifs is 5. The molecule has 5 aliphatic heterocycles. The molecule has 2 N–H and O–H groups in total. The molecule has 5 saturated heterocycles. The molecule has 3 aromatic heterocycles. The second-order valence-electron chi connectivity index (χ2n) is 26.1. The van der Waals surface area contributed by atoms with Crippen LogP contribution in [0.2, 0.25) is 0 Å². The number of amides is 6. The highest BCUT2D eigenvalue weighted by molar-refractivity contribution is 9.11. The molecule has 23 heteroatoms. The zero-order chi connectivity index (χ0) is 68.4. The Kier molecular flexibility index (Phi) is 23.4. The van der Waals surface area contributed by atoms with E-state index in [0.717, 1.165) is 91.9 Å². The highest BCUT2D eigenvalue weighted by Gasteiger charge is 2.35. The van der Waals surface area contributed by atoms with Crippen LogP contribution in [0.15, 0.2) is 149 Å². The molecule has 1 atom stereocenters. The van der Waals surface area contributed by atoms with Crippen molar-refractivity contribution in [3.8, 4) is 0 Å². The van der Waals surface area contributed by atoms with E-state index >= 15 is 0 Å². The van der Waals surface area contributed by atoms with Crippen molar-refractivity contribution in [2.45, 2.75) is 76.7 Å². The summed E-state index contributed by atoms with van der Waals surface area (Å²) in [5.74, 6) is 0.0944. The van der Waals surface area contributed by atoms with E-state index in [1.54, 1.807) is 27.1 Å². The van der Waals surface area contributed by atoms with E-state index in [0.29, 0.717) is 96.0 Å². The van der Waals surface area contributed by atoms with Crippen LogP contribution in [0.25, 0.3) is 32.7 Å². The molecule has 0 spiro atoms. The lowest BCUT2D eigenvalue weighted by Crippen LogP contribution is -2.61. The number of carbonyl (C=O) groups excluding carboxylic acids is 8. The van der Waals surface area contributed by atoms with Gasteiger partial charge >= 0.3 is 0 Å². The first-order valence-electron chi connectivity index (χ1n) is 33.4. The van der Waals surface area contributed by atoms with E-state index in [2.05, 4.69) is 112 Å². The van der Waals surface area contributed by atoms with Crippen LogP contribution < -0.4 is 10.6 Å². The van der Waals surface area contributed by atoms with E-state index < -0.39 is 0 Å². The van der Waals surface area contributed by atoms with Gasteiger partial charge in [0.05, 0.1) is 43.4 Å². The Balaban J connectivity index is 0.000000149. The number of likely N-dealkylation sites (tertiary alicyclic amines) is 3. The van der Waals surface area contributed by atoms with Crippen LogP contribution in [0.1, 0.15) is 75.7 Å². The molecule has 97 heavy (non-hydrogen) atoms. The highest BCUT2D eigenvalue weighted by atomic mass is 79.9. The van der Waals surface area contributed by atoms with Crippen molar-refractivity contribution in [3.05, 3.63) is 177 Å². The number of nitrogens with zero attached hydrogens (tertiary/aromatic N) is 9. The summed E-state index contributed by atoms with van der Waals surface area (Å²) in [6.45, 7) is 21.7. The van der Waals surface area contributed by atoms with Crippen LogP contribution >= 0.6 is 47.8 Å². The number of likely N-dealkylation sites (N-methyl/N-ethyl adjacent to an activating group) is 1. The van der Waals surface area contributed by atoms with Crippen molar-refractivity contribution in [3.63, 3.8) is 0 Å². The van der Waals surface area contributed by atoms with Crippen LogP contribution in [0.3, 0.4) is 0 Å². The molecule has 510 valence electrons. The topological polar surface area (TPSA) is 204 Å². The summed E-state index contributed by atoms with van der Waals surface area (Å²) in [5, 5.41) is 9.02. The second-order valence-corrected chi connectivity index (χ2v) is 28.9. The number of aromatic nitrogens is 3. The van der Waals surface area contributed by atoms with Gasteiger partial charge in [-0.1, -0.05) is 104 Å². The first-order chi connectivity index (χ1) is 46.8. The molecule has 0 saturated carbocycles. The highest BCUT2D eigenvalue weighted by Crippen LogP contribution is 2.35. The predicted molar refractivity (Wildman–Crippen MR) is 386 cm³/mol. The number of halogens is 3. The zero-order valence-electron chi connectivity index (χ0n) is 54.9. The standard InChI is InChI=1S/C28H28BrN3O4.C25H32BrN5O3.C21H24BrN3O2/c1-2-27(34)32-14-19(15-32)12-22(33)16-31-17-24(23-13-21(29)8-9-25(23)31)28(35)30-10-11-36-26(18-30)20-6-4-3-5-7-20;1-3-24(33)31-14-18(15-31)12-20(32)16-30-17-22(21-13-19(26)4-5-23(21)30)25(34)27-6-7-29-10-8-28(2)9-11-29;1-2-21(27)24-11-15(12-24)23-20(26)13-25-18-7-5-3-4-6-16(18)17-10-14(22)8-9-19(17)25/h2-9,13,17,19,26H,1,10-12,14-16,18H2;3-5,13,17-18H,1,6-12,14-16H2,2H3,(H,27,34);2,8-10,15H,1,3-7,11-13H2,(H,23,26). The summed E-state index contributed by atoms with van der Waals surface area (Å²) in [5.41, 5.74) is 7.77. The largest absolute Gasteiger partial charge is 0.370 e. The molecule has 20 nitrogen and oxygen atoms in total. The number of carbonyl (C=O) groups is 8. The molecule has 7 aromatic rings. The lowest BCUT2D eigenvalue weighted by Gasteiger charge is -2.39. The van der Waals surface area contributed by atoms with E-state index in [1.165, 1.54) is 54.1 Å². The minimum absolute atomic E-state index is 0.0116. The quantitative estimate of drug-likeness (QED) is 0.0544. The Bertz CT molecular complexity index is 4140. The number of benzene rings is 4. The SMILES string of the molecule is C=CC(=O)N1CC(CC(=O)Cn2cc(C(=O)N3CCOC(c4ccccc4)C3)c3cc(Br)ccc32)C1.C=CC(=O)N1CC(CC(=O)Cn2cc(C(=O)NCCN3CCN(C)CC3)c3cc(Br)ccc32)C1.C=CC(=O)N1CC(NC(=O)Cn2c3c(c4cc(Br)ccc42)CCCCC3)C1. The van der Waals surface area contributed by atoms with Crippen LogP contribution in [0, 0.1) is 11.8 Å². The third-order valence-corrected chi connectivity index (χ3v) is 20.7. The van der Waals surface area contributed by atoms with Gasteiger partial charge in [-0.2, -0.15) is 0 Å². The predicted octanol–water partition coefficient (Wildman–Crippen LogP) is 9.39. The van der Waals surface area contributed by atoms with Gasteiger partial charge in [0.25, 0.3) is 11.8 Å². The van der Waals surface area contributed by atoms with Gasteiger partial charge in [0.2, 0.25) is 23.6 Å². The maximum atomic E-state index is 13.7. The molecular weight excluding hydrogens is 1430 g/mol. The molecule has 8 heterocycles. The van der Waals surface area contributed by atoms with E-state index in [9.17, 15) is 38.4 Å². The number of piperazine rings is 1. The summed E-state index contributed by atoms with van der Waals surface area (Å²) in [7, 11) is 2.13. The number of ether oxygens (including phenoxy) is 1. The van der Waals surface area contributed by atoms with Gasteiger partial charge in [-0.25, -0.2) is 0 Å². The molecule has 1 unspecified atom stereocenters. The average molecular weight is 1510 g/mol. The van der Waals surface area contributed by atoms with Gasteiger partial charge in [-0.05, 0) is 117 Å². The summed E-state index contributed by atoms with van der Waals surface area (Å²) in [6, 6.07) is 27.9. The lowest BCUT2D eigenvalue weighted by molar-refractivity contribution is -0.134. The van der Waals surface area contributed by atoms with Gasteiger partial charge in [0, 0.05) is 174 Å². The summed E-state index contributed by atoms with van der Waals surface area (Å²) in [6.07, 6.45) is 13.9. The van der Waals surface area contributed by atoms with Crippen LogP contribution in [-0.4, -0.2) is 201 Å². The number of Topliss-reactive ketones (excluding diaryl/α,β-unsaturated/α-hetero) is 2. The van der Waals surface area contributed by atoms with Crippen LogP contribution in [0.4, 0.5) is 0 Å². The summed E-state index contributed by atoms with van der Waals surface area (Å²) in [4.78, 5) is 111. The smallest absolute Gasteiger partial charge is 0.256 e. The van der Waals surface area contributed by atoms with Crippen molar-refractivity contribution in [2.24, 2.45) is 11.8 Å². The summed E-state index contributed by atoms with van der Waals surface area (Å²) < 4.78 is 14.7. The van der Waals surface area contributed by atoms with Crippen molar-refractivity contribution >= 4 is 128 Å². The minimum atomic E-state index is -0.166. The molecule has 5 fully saturated rings. The number of rotatable bonds is 20. The average Bonchev–Trinajstić information content (AvgIpc) is 1.62. The number of hydrogen-bond donors (Lipinski definition) is 2. The second kappa shape index (κ2) is 32.3. The Morgan fingerprint density at radius 2 is 1.09 bits per heavy atom. The maximum absolute atomic E-state index is 13.7. The Morgan fingerprint density at radius 3 is 1.67 bits per heavy atom. The summed E-state index contributed by atoms with van der Waals surface area (Å²) >= 11 is 10.6. The van der Waals surface area contributed by atoms with E-state index in [1.807, 2.05) is 86.8 Å². The van der Waals surface area contributed by atoms with Crippen molar-refractivity contribution in [1.82, 2.24) is 53.7 Å². The van der Waals surface area contributed by atoms with Crippen LogP contribution in [-0.2, 0) is 66.0 Å². The van der Waals surface area contributed by atoms with Gasteiger partial charge < -0.3 is 53.6 Å². The maximum Gasteiger partial charge on any atom is 0.256 e. The molecular formula is C74H84Br3N11O9. The lowest BCUT2D eigenvalue weighted by atomic mass is 9.94. The Morgan fingerprint density at radius 1 is 0.567 bits per heavy atom. The Labute approximate surface area is 591 Å². The molecule has 0 radical (unpaired) electrons. The number of morpholine rings is 1. The fourth-order valence-electron chi connectivity index (χ4n) is 13.9. The molecule has 4 aromatic carbocycles. The van der Waals surface area contributed by atoms with Crippen molar-refractivity contribution in [1.29, 1.82) is 0 Å². The monoisotopic (exact) mass is 1510 g/mol. The Hall–Kier alpha value is -7.80. The molecule has 13 rings (SSSR count). The van der Waals surface area contributed by atoms with Gasteiger partial charge in [-0.3, -0.25) is 43.3 Å². The third kappa shape index (κ3) is 17.2. The van der Waals surface area contributed by atoms with Gasteiger partial charge in [0.1, 0.15) is 12.6 Å². The number of hydrogen-bond acceptors (Lipinski definition) is 11. The van der Waals surface area contributed by atoms with Crippen molar-refractivity contribution < 1.29 is 43.1 Å².